The number of nitrogens with zero attached hydrogens (tertiary/aromatic N) is 4. The summed E-state index contributed by atoms with van der Waals surface area (Å²) >= 11 is 9.82. The molecule has 0 spiro atoms. The van der Waals surface area contributed by atoms with Crippen LogP contribution in [0.4, 0.5) is 5.95 Å². The zero-order chi connectivity index (χ0) is 19.9. The van der Waals surface area contributed by atoms with Gasteiger partial charge in [0, 0.05) is 23.7 Å². The van der Waals surface area contributed by atoms with Gasteiger partial charge in [0.15, 0.2) is 11.5 Å². The molecular weight excluding hydrogens is 446 g/mol. The van der Waals surface area contributed by atoms with Gasteiger partial charge in [-0.15, -0.1) is 0 Å². The van der Waals surface area contributed by atoms with Crippen LogP contribution in [-0.4, -0.2) is 26.8 Å². The Morgan fingerprint density at radius 2 is 2.00 bits per heavy atom. The van der Waals surface area contributed by atoms with E-state index in [-0.39, 0.29) is 0 Å². The quantitative estimate of drug-likeness (QED) is 0.493. The van der Waals surface area contributed by atoms with Crippen molar-refractivity contribution in [2.45, 2.75) is 33.5 Å². The average Bonchev–Trinajstić information content (AvgIpc) is 3.15. The van der Waals surface area contributed by atoms with E-state index in [1.807, 2.05) is 50.2 Å². The fraction of sp³-hybridized carbons (Fsp3) is 0.316. The summed E-state index contributed by atoms with van der Waals surface area (Å²) in [6, 6.07) is 11.5. The third-order valence-corrected chi connectivity index (χ3v) is 4.94. The minimum Gasteiger partial charge on any atom is -0.490 e. The molecule has 0 aliphatic rings. The molecule has 7 nitrogen and oxygen atoms in total. The molecule has 0 aliphatic heterocycles. The highest BCUT2D eigenvalue weighted by molar-refractivity contribution is 9.10. The van der Waals surface area contributed by atoms with E-state index in [0.29, 0.717) is 48.8 Å². The van der Waals surface area contributed by atoms with Crippen LogP contribution in [0.5, 0.6) is 11.5 Å². The van der Waals surface area contributed by atoms with E-state index in [1.165, 1.54) is 0 Å². The second-order valence-electron chi connectivity index (χ2n) is 5.89. The molecule has 0 saturated heterocycles. The summed E-state index contributed by atoms with van der Waals surface area (Å²) in [4.78, 5) is 0. The van der Waals surface area contributed by atoms with Crippen LogP contribution in [0.3, 0.4) is 0 Å². The maximum Gasteiger partial charge on any atom is 0.243 e. The standard InChI is InChI=1S/C19H21BrClN5O2/c1-3-26-19(23-24-25-26)22-11-13-9-15(20)18(17(10-13)27-4-2)28-12-14-7-5-6-8-16(14)21/h5-10H,3-4,11-12H2,1-2H3,(H,22,23,25). The van der Waals surface area contributed by atoms with Gasteiger partial charge in [0.2, 0.25) is 5.95 Å². The fourth-order valence-corrected chi connectivity index (χ4v) is 3.41. The van der Waals surface area contributed by atoms with Gasteiger partial charge in [-0.25, -0.2) is 4.68 Å². The largest absolute Gasteiger partial charge is 0.490 e. The van der Waals surface area contributed by atoms with Crippen molar-refractivity contribution in [1.82, 2.24) is 20.2 Å². The predicted molar refractivity (Wildman–Crippen MR) is 112 cm³/mol. The van der Waals surface area contributed by atoms with Gasteiger partial charge in [-0.1, -0.05) is 34.9 Å². The minimum absolute atomic E-state index is 0.348. The van der Waals surface area contributed by atoms with Crippen LogP contribution in [0, 0.1) is 0 Å². The van der Waals surface area contributed by atoms with Crippen LogP contribution < -0.4 is 14.8 Å². The highest BCUT2D eigenvalue weighted by atomic mass is 79.9. The molecule has 0 saturated carbocycles. The number of benzene rings is 2. The first-order valence-electron chi connectivity index (χ1n) is 8.93. The molecule has 1 heterocycles. The Kier molecular flexibility index (Phi) is 7.11. The third kappa shape index (κ3) is 4.94. The Morgan fingerprint density at radius 3 is 2.75 bits per heavy atom. The van der Waals surface area contributed by atoms with Crippen LogP contribution in [0.25, 0.3) is 0 Å². The summed E-state index contributed by atoms with van der Waals surface area (Å²) < 4.78 is 14.3. The first-order valence-corrected chi connectivity index (χ1v) is 10.1. The van der Waals surface area contributed by atoms with Gasteiger partial charge in [0.25, 0.3) is 0 Å². The molecule has 0 unspecified atom stereocenters. The lowest BCUT2D eigenvalue weighted by molar-refractivity contribution is 0.267. The lowest BCUT2D eigenvalue weighted by Gasteiger charge is -2.16. The molecule has 3 aromatic rings. The molecule has 1 aromatic heterocycles. The van der Waals surface area contributed by atoms with Crippen LogP contribution in [-0.2, 0) is 19.7 Å². The van der Waals surface area contributed by atoms with Crippen LogP contribution >= 0.6 is 27.5 Å². The molecular formula is C19H21BrClN5O2. The number of hydrogen-bond donors (Lipinski definition) is 1. The van der Waals surface area contributed by atoms with Gasteiger partial charge in [-0.3, -0.25) is 0 Å². The number of nitrogens with one attached hydrogen (secondary N) is 1. The molecule has 0 fully saturated rings. The molecule has 0 amide bonds. The zero-order valence-corrected chi connectivity index (χ0v) is 18.0. The maximum absolute atomic E-state index is 6.22. The lowest BCUT2D eigenvalue weighted by atomic mass is 10.2. The van der Waals surface area contributed by atoms with E-state index in [0.717, 1.165) is 15.6 Å². The van der Waals surface area contributed by atoms with Gasteiger partial charge >= 0.3 is 0 Å². The predicted octanol–water partition coefficient (Wildman–Crippen LogP) is 4.70. The lowest BCUT2D eigenvalue weighted by Crippen LogP contribution is -2.08. The molecule has 0 radical (unpaired) electrons. The zero-order valence-electron chi connectivity index (χ0n) is 15.7. The molecule has 0 aliphatic carbocycles. The second kappa shape index (κ2) is 9.75. The fourth-order valence-electron chi connectivity index (χ4n) is 2.62. The monoisotopic (exact) mass is 465 g/mol. The highest BCUT2D eigenvalue weighted by Crippen LogP contribution is 2.38. The number of aromatic nitrogens is 4. The van der Waals surface area contributed by atoms with E-state index in [2.05, 4.69) is 36.8 Å². The Morgan fingerprint density at radius 1 is 1.18 bits per heavy atom. The summed E-state index contributed by atoms with van der Waals surface area (Å²) in [6.07, 6.45) is 0. The molecule has 2 aromatic carbocycles. The number of halogens is 2. The third-order valence-electron chi connectivity index (χ3n) is 3.98. The summed E-state index contributed by atoms with van der Waals surface area (Å²) in [5.74, 6) is 1.93. The Bertz CT molecular complexity index is 934. The van der Waals surface area contributed by atoms with Crippen molar-refractivity contribution >= 4 is 33.5 Å². The molecule has 1 N–H and O–H groups in total. The van der Waals surface area contributed by atoms with Crippen molar-refractivity contribution in [1.29, 1.82) is 0 Å². The number of anilines is 1. The molecule has 28 heavy (non-hydrogen) atoms. The van der Waals surface area contributed by atoms with Gasteiger partial charge in [-0.05, 0) is 64.0 Å². The highest BCUT2D eigenvalue weighted by Gasteiger charge is 2.14. The number of aryl methyl sites for hydroxylation is 1. The van der Waals surface area contributed by atoms with Gasteiger partial charge in [0.05, 0.1) is 11.1 Å². The first-order chi connectivity index (χ1) is 13.6. The van der Waals surface area contributed by atoms with Crippen LogP contribution in [0.15, 0.2) is 40.9 Å². The second-order valence-corrected chi connectivity index (χ2v) is 7.15. The topological polar surface area (TPSA) is 74.1 Å². The van der Waals surface area contributed by atoms with Crippen molar-refractivity contribution in [3.63, 3.8) is 0 Å². The van der Waals surface area contributed by atoms with E-state index < -0.39 is 0 Å². The summed E-state index contributed by atoms with van der Waals surface area (Å²) in [5.41, 5.74) is 1.92. The number of tetrazole rings is 1. The van der Waals surface area contributed by atoms with E-state index in [9.17, 15) is 0 Å². The van der Waals surface area contributed by atoms with Crippen LogP contribution in [0.2, 0.25) is 5.02 Å². The molecule has 3 rings (SSSR count). The number of rotatable bonds is 9. The van der Waals surface area contributed by atoms with Crippen molar-refractivity contribution in [2.24, 2.45) is 0 Å². The van der Waals surface area contributed by atoms with E-state index >= 15 is 0 Å². The molecule has 148 valence electrons. The summed E-state index contributed by atoms with van der Waals surface area (Å²) in [6.45, 7) is 6.03. The van der Waals surface area contributed by atoms with Crippen molar-refractivity contribution in [3.8, 4) is 11.5 Å². The van der Waals surface area contributed by atoms with Crippen molar-refractivity contribution < 1.29 is 9.47 Å². The normalized spacial score (nSPS) is 10.7. The number of ether oxygens (including phenoxy) is 2. The van der Waals surface area contributed by atoms with Gasteiger partial charge < -0.3 is 14.8 Å². The summed E-state index contributed by atoms with van der Waals surface area (Å²) in [7, 11) is 0. The smallest absolute Gasteiger partial charge is 0.243 e. The van der Waals surface area contributed by atoms with Crippen molar-refractivity contribution in [2.75, 3.05) is 11.9 Å². The molecule has 0 atom stereocenters. The molecule has 9 heteroatoms. The van der Waals surface area contributed by atoms with Gasteiger partial charge in [-0.2, -0.15) is 0 Å². The van der Waals surface area contributed by atoms with E-state index in [1.54, 1.807) is 4.68 Å². The Hall–Kier alpha value is -2.32. The first kappa shape index (κ1) is 20.4. The van der Waals surface area contributed by atoms with Crippen LogP contribution in [0.1, 0.15) is 25.0 Å². The van der Waals surface area contributed by atoms with Gasteiger partial charge in [0.1, 0.15) is 6.61 Å². The summed E-state index contributed by atoms with van der Waals surface area (Å²) in [5, 5.41) is 15.5. The minimum atomic E-state index is 0.348. The Labute approximate surface area is 177 Å². The number of hydrogen-bond acceptors (Lipinski definition) is 6. The molecule has 0 bridgehead atoms. The Balaban J connectivity index is 1.76. The maximum atomic E-state index is 6.22. The average molecular weight is 467 g/mol. The van der Waals surface area contributed by atoms with Crippen molar-refractivity contribution in [3.05, 3.63) is 57.0 Å². The SMILES string of the molecule is CCOc1cc(CNc2nnnn2CC)cc(Br)c1OCc1ccccc1Cl. The van der Waals surface area contributed by atoms with E-state index in [4.69, 9.17) is 21.1 Å².